The van der Waals surface area contributed by atoms with Crippen molar-refractivity contribution < 1.29 is 9.90 Å². The number of thioether (sulfide) groups is 1. The number of benzene rings is 2. The van der Waals surface area contributed by atoms with Crippen molar-refractivity contribution in [3.63, 3.8) is 0 Å². The van der Waals surface area contributed by atoms with E-state index in [-0.39, 0.29) is 11.9 Å². The van der Waals surface area contributed by atoms with Gasteiger partial charge < -0.3 is 10.0 Å². The molecule has 4 heteroatoms. The molecule has 0 aliphatic rings. The maximum atomic E-state index is 12.6. The smallest absolute Gasteiger partial charge is 0.227 e. The van der Waals surface area contributed by atoms with Crippen molar-refractivity contribution in [2.45, 2.75) is 37.3 Å². The SMILES string of the molecule is CSc1ccc(CC(=O)N(C)[C@H](C)[C@H](O)c2ccccc2)cc1C. The number of nitrogens with zero attached hydrogens (tertiary/aromatic N) is 1. The lowest BCUT2D eigenvalue weighted by atomic mass is 10.0. The average molecular weight is 343 g/mol. The topological polar surface area (TPSA) is 40.5 Å². The lowest BCUT2D eigenvalue weighted by Gasteiger charge is -2.29. The first-order valence-corrected chi connectivity index (χ1v) is 9.28. The van der Waals surface area contributed by atoms with Gasteiger partial charge in [0.2, 0.25) is 5.91 Å². The third-order valence-electron chi connectivity index (χ3n) is 4.42. The highest BCUT2D eigenvalue weighted by Crippen LogP contribution is 2.23. The van der Waals surface area contributed by atoms with Crippen molar-refractivity contribution in [3.8, 4) is 0 Å². The van der Waals surface area contributed by atoms with Crippen LogP contribution in [0.5, 0.6) is 0 Å². The lowest BCUT2D eigenvalue weighted by Crippen LogP contribution is -2.39. The van der Waals surface area contributed by atoms with Gasteiger partial charge in [-0.05, 0) is 42.9 Å². The van der Waals surface area contributed by atoms with E-state index >= 15 is 0 Å². The molecule has 0 saturated carbocycles. The molecule has 0 unspecified atom stereocenters. The van der Waals surface area contributed by atoms with Crippen LogP contribution >= 0.6 is 11.8 Å². The second-order valence-corrected chi connectivity index (χ2v) is 6.93. The first-order chi connectivity index (χ1) is 11.4. The lowest BCUT2D eigenvalue weighted by molar-refractivity contribution is -0.133. The van der Waals surface area contributed by atoms with Gasteiger partial charge in [0.05, 0.1) is 18.6 Å². The number of rotatable bonds is 6. The number of aliphatic hydroxyl groups is 1. The predicted molar refractivity (Wildman–Crippen MR) is 100 cm³/mol. The van der Waals surface area contributed by atoms with Crippen molar-refractivity contribution >= 4 is 17.7 Å². The van der Waals surface area contributed by atoms with Crippen molar-refractivity contribution in [3.05, 3.63) is 65.2 Å². The standard InChI is InChI=1S/C20H25NO2S/c1-14-12-16(10-11-18(14)24-4)13-19(22)21(3)15(2)20(23)17-8-6-5-7-9-17/h5-12,15,20,23H,13H2,1-4H3/t15-,20+/m1/s1. The van der Waals surface area contributed by atoms with Gasteiger partial charge in [0, 0.05) is 11.9 Å². The molecule has 1 N–H and O–H groups in total. The molecule has 3 nitrogen and oxygen atoms in total. The maximum Gasteiger partial charge on any atom is 0.227 e. The van der Waals surface area contributed by atoms with Crippen LogP contribution in [0.3, 0.4) is 0 Å². The van der Waals surface area contributed by atoms with Crippen molar-refractivity contribution in [2.75, 3.05) is 13.3 Å². The predicted octanol–water partition coefficient (Wildman–Crippen LogP) is 3.84. The number of hydrogen-bond acceptors (Lipinski definition) is 3. The van der Waals surface area contributed by atoms with Crippen LogP contribution in [0.15, 0.2) is 53.4 Å². The minimum absolute atomic E-state index is 0.00813. The van der Waals surface area contributed by atoms with Crippen molar-refractivity contribution in [2.24, 2.45) is 0 Å². The number of carbonyl (C=O) groups excluding carboxylic acids is 1. The Bertz CT molecular complexity index is 687. The molecule has 0 heterocycles. The molecular formula is C20H25NO2S. The molecule has 24 heavy (non-hydrogen) atoms. The fraction of sp³-hybridized carbons (Fsp3) is 0.350. The van der Waals surface area contributed by atoms with Crippen LogP contribution in [0.4, 0.5) is 0 Å². The first-order valence-electron chi connectivity index (χ1n) is 8.06. The Hall–Kier alpha value is -1.78. The normalized spacial score (nSPS) is 13.4. The van der Waals surface area contributed by atoms with Gasteiger partial charge in [0.15, 0.2) is 0 Å². The van der Waals surface area contributed by atoms with Crippen LogP contribution in [-0.4, -0.2) is 35.3 Å². The highest BCUT2D eigenvalue weighted by atomic mass is 32.2. The van der Waals surface area contributed by atoms with Gasteiger partial charge in [0.1, 0.15) is 0 Å². The summed E-state index contributed by atoms with van der Waals surface area (Å²) < 4.78 is 0. The minimum atomic E-state index is -0.694. The fourth-order valence-corrected chi connectivity index (χ4v) is 3.30. The molecule has 0 fully saturated rings. The number of likely N-dealkylation sites (N-methyl/N-ethyl adjacent to an activating group) is 1. The summed E-state index contributed by atoms with van der Waals surface area (Å²) in [4.78, 5) is 15.4. The van der Waals surface area contributed by atoms with Crippen LogP contribution in [0, 0.1) is 6.92 Å². The summed E-state index contributed by atoms with van der Waals surface area (Å²) in [6, 6.07) is 15.3. The fourth-order valence-electron chi connectivity index (χ4n) is 2.72. The highest BCUT2D eigenvalue weighted by Gasteiger charge is 2.24. The molecule has 0 bridgehead atoms. The van der Waals surface area contributed by atoms with E-state index in [1.54, 1.807) is 23.7 Å². The van der Waals surface area contributed by atoms with E-state index in [4.69, 9.17) is 0 Å². The average Bonchev–Trinajstić information content (AvgIpc) is 2.60. The molecule has 0 aliphatic heterocycles. The quantitative estimate of drug-likeness (QED) is 0.810. The molecule has 2 rings (SSSR count). The molecule has 128 valence electrons. The Balaban J connectivity index is 2.04. The van der Waals surface area contributed by atoms with Gasteiger partial charge in [0.25, 0.3) is 0 Å². The first kappa shape index (κ1) is 18.6. The van der Waals surface area contributed by atoms with Gasteiger partial charge in [-0.1, -0.05) is 42.5 Å². The van der Waals surface area contributed by atoms with Crippen LogP contribution in [0.25, 0.3) is 0 Å². The van der Waals surface area contributed by atoms with E-state index in [9.17, 15) is 9.90 Å². The Kier molecular flexibility index (Phi) is 6.46. The number of aryl methyl sites for hydroxylation is 1. The van der Waals surface area contributed by atoms with Crippen LogP contribution in [0.2, 0.25) is 0 Å². The molecular weight excluding hydrogens is 318 g/mol. The summed E-state index contributed by atoms with van der Waals surface area (Å²) in [5.74, 6) is 0.00813. The second kappa shape index (κ2) is 8.36. The van der Waals surface area contributed by atoms with E-state index in [0.717, 1.165) is 11.1 Å². The molecule has 0 spiro atoms. The Morgan fingerprint density at radius 1 is 1.21 bits per heavy atom. The largest absolute Gasteiger partial charge is 0.386 e. The molecule has 2 aromatic rings. The number of carbonyl (C=O) groups is 1. The molecule has 0 aromatic heterocycles. The van der Waals surface area contributed by atoms with Gasteiger partial charge in [-0.3, -0.25) is 4.79 Å². The zero-order chi connectivity index (χ0) is 17.7. The van der Waals surface area contributed by atoms with E-state index in [0.29, 0.717) is 6.42 Å². The Labute approximate surface area is 148 Å². The Morgan fingerprint density at radius 2 is 1.88 bits per heavy atom. The summed E-state index contributed by atoms with van der Waals surface area (Å²) in [5.41, 5.74) is 3.01. The molecule has 2 atom stereocenters. The summed E-state index contributed by atoms with van der Waals surface area (Å²) in [6.45, 7) is 3.93. The van der Waals surface area contributed by atoms with E-state index in [1.807, 2.05) is 49.6 Å². The maximum absolute atomic E-state index is 12.6. The summed E-state index contributed by atoms with van der Waals surface area (Å²) in [7, 11) is 1.75. The Morgan fingerprint density at radius 3 is 2.46 bits per heavy atom. The van der Waals surface area contributed by atoms with E-state index in [1.165, 1.54) is 10.5 Å². The molecule has 1 amide bonds. The molecule has 0 saturated heterocycles. The molecule has 2 aromatic carbocycles. The number of hydrogen-bond donors (Lipinski definition) is 1. The van der Waals surface area contributed by atoms with Gasteiger partial charge >= 0.3 is 0 Å². The van der Waals surface area contributed by atoms with Crippen molar-refractivity contribution in [1.82, 2.24) is 4.90 Å². The molecule has 0 aliphatic carbocycles. The zero-order valence-electron chi connectivity index (χ0n) is 14.7. The van der Waals surface area contributed by atoms with E-state index < -0.39 is 6.10 Å². The third kappa shape index (κ3) is 4.40. The van der Waals surface area contributed by atoms with E-state index in [2.05, 4.69) is 19.1 Å². The van der Waals surface area contributed by atoms with Crippen LogP contribution in [0.1, 0.15) is 29.7 Å². The summed E-state index contributed by atoms with van der Waals surface area (Å²) in [5, 5.41) is 10.5. The molecule has 0 radical (unpaired) electrons. The monoisotopic (exact) mass is 343 g/mol. The van der Waals surface area contributed by atoms with Crippen molar-refractivity contribution in [1.29, 1.82) is 0 Å². The summed E-state index contributed by atoms with van der Waals surface area (Å²) >= 11 is 1.71. The zero-order valence-corrected chi connectivity index (χ0v) is 15.5. The highest BCUT2D eigenvalue weighted by molar-refractivity contribution is 7.98. The second-order valence-electron chi connectivity index (χ2n) is 6.08. The van der Waals surface area contributed by atoms with Gasteiger partial charge in [-0.15, -0.1) is 11.8 Å². The third-order valence-corrected chi connectivity index (χ3v) is 5.31. The number of amides is 1. The summed E-state index contributed by atoms with van der Waals surface area (Å²) in [6.07, 6.45) is 1.70. The minimum Gasteiger partial charge on any atom is -0.386 e. The van der Waals surface area contributed by atoms with Crippen LogP contribution < -0.4 is 0 Å². The van der Waals surface area contributed by atoms with Crippen LogP contribution in [-0.2, 0) is 11.2 Å². The number of aliphatic hydroxyl groups excluding tert-OH is 1. The van der Waals surface area contributed by atoms with Gasteiger partial charge in [-0.2, -0.15) is 0 Å². The van der Waals surface area contributed by atoms with Gasteiger partial charge in [-0.25, -0.2) is 0 Å².